The van der Waals surface area contributed by atoms with Crippen LogP contribution in [0.15, 0.2) is 11.6 Å². The van der Waals surface area contributed by atoms with Crippen LogP contribution in [-0.4, -0.2) is 69.0 Å². The fourth-order valence-corrected chi connectivity index (χ4v) is 2.20. The van der Waals surface area contributed by atoms with Gasteiger partial charge in [-0.2, -0.15) is 0 Å². The van der Waals surface area contributed by atoms with E-state index in [9.17, 15) is 14.4 Å². The summed E-state index contributed by atoms with van der Waals surface area (Å²) in [6.07, 6.45) is 4.46. The van der Waals surface area contributed by atoms with Gasteiger partial charge in [-0.15, -0.1) is 0 Å². The number of carbonyl (C=O) groups excluding carboxylic acids is 2. The lowest BCUT2D eigenvalue weighted by Gasteiger charge is -2.21. The van der Waals surface area contributed by atoms with Gasteiger partial charge in [-0.25, -0.2) is 4.79 Å². The Morgan fingerprint density at radius 2 is 1.43 bits per heavy atom. The zero-order valence-corrected chi connectivity index (χ0v) is 19.0. The summed E-state index contributed by atoms with van der Waals surface area (Å²) >= 11 is 0. The molecule has 0 radical (unpaired) electrons. The van der Waals surface area contributed by atoms with Crippen molar-refractivity contribution in [3.05, 3.63) is 11.6 Å². The molecule has 0 unspecified atom stereocenters. The minimum atomic E-state index is -1.07. The zero-order valence-electron chi connectivity index (χ0n) is 19.0. The van der Waals surface area contributed by atoms with Crippen LogP contribution in [0.4, 0.5) is 0 Å². The Morgan fingerprint density at radius 3 is 1.97 bits per heavy atom. The molecule has 0 rings (SSSR count). The number of ketones is 1. The van der Waals surface area contributed by atoms with Crippen LogP contribution < -0.4 is 5.32 Å². The summed E-state index contributed by atoms with van der Waals surface area (Å²) in [7, 11) is 0. The second-order valence-corrected chi connectivity index (χ2v) is 7.74. The fourth-order valence-electron chi connectivity index (χ4n) is 2.20. The van der Waals surface area contributed by atoms with Crippen molar-refractivity contribution in [2.45, 2.75) is 59.8 Å². The van der Waals surface area contributed by atoms with E-state index in [-0.39, 0.29) is 22.7 Å². The normalized spacial score (nSPS) is 12.1. The molecule has 8 heteroatoms. The van der Waals surface area contributed by atoms with Gasteiger partial charge < -0.3 is 24.6 Å². The first-order chi connectivity index (χ1) is 14.2. The second kappa shape index (κ2) is 17.0. The first kappa shape index (κ1) is 28.2. The highest BCUT2D eigenvalue weighted by Crippen LogP contribution is 2.19. The van der Waals surface area contributed by atoms with Crippen LogP contribution in [0.25, 0.3) is 0 Å². The van der Waals surface area contributed by atoms with E-state index in [0.29, 0.717) is 59.0 Å². The first-order valence-corrected chi connectivity index (χ1v) is 10.7. The van der Waals surface area contributed by atoms with Gasteiger partial charge in [0.1, 0.15) is 0 Å². The summed E-state index contributed by atoms with van der Waals surface area (Å²) in [6.45, 7) is 10.9. The lowest BCUT2D eigenvalue weighted by Crippen LogP contribution is -2.37. The second-order valence-electron chi connectivity index (χ2n) is 7.74. The van der Waals surface area contributed by atoms with Gasteiger partial charge >= 0.3 is 5.97 Å². The van der Waals surface area contributed by atoms with E-state index < -0.39 is 5.97 Å². The Balaban J connectivity index is 3.38. The van der Waals surface area contributed by atoms with Crippen molar-refractivity contribution < 1.29 is 33.7 Å². The van der Waals surface area contributed by atoms with Crippen LogP contribution in [-0.2, 0) is 28.6 Å². The summed E-state index contributed by atoms with van der Waals surface area (Å²) in [5, 5.41) is 11.6. The summed E-state index contributed by atoms with van der Waals surface area (Å²) in [4.78, 5) is 34.0. The molecule has 0 heterocycles. The Labute approximate surface area is 180 Å². The minimum Gasteiger partial charge on any atom is -0.478 e. The molecule has 0 aliphatic carbocycles. The number of hydrogen-bond acceptors (Lipinski definition) is 6. The monoisotopic (exact) mass is 429 g/mol. The van der Waals surface area contributed by atoms with Gasteiger partial charge in [0.2, 0.25) is 5.91 Å². The highest BCUT2D eigenvalue weighted by atomic mass is 16.5. The third-order valence-electron chi connectivity index (χ3n) is 4.67. The van der Waals surface area contributed by atoms with Gasteiger partial charge in [0.15, 0.2) is 5.78 Å². The average Bonchev–Trinajstić information content (AvgIpc) is 2.70. The number of hydrogen-bond donors (Lipinski definition) is 2. The van der Waals surface area contributed by atoms with E-state index in [0.717, 1.165) is 19.3 Å². The molecule has 0 saturated heterocycles. The molecule has 1 amide bonds. The van der Waals surface area contributed by atoms with Crippen molar-refractivity contribution >= 4 is 17.7 Å². The van der Waals surface area contributed by atoms with Crippen molar-refractivity contribution in [1.29, 1.82) is 0 Å². The van der Waals surface area contributed by atoms with E-state index in [1.807, 2.05) is 20.8 Å². The highest BCUT2D eigenvalue weighted by molar-refractivity contribution is 5.98. The molecule has 2 N–H and O–H groups in total. The molecule has 0 atom stereocenters. The van der Waals surface area contributed by atoms with Crippen molar-refractivity contribution in [2.24, 2.45) is 5.41 Å². The Bertz CT molecular complexity index is 544. The molecule has 0 aliphatic rings. The van der Waals surface area contributed by atoms with Crippen LogP contribution in [0, 0.1) is 5.41 Å². The van der Waals surface area contributed by atoms with Crippen molar-refractivity contribution in [1.82, 2.24) is 5.32 Å². The number of amides is 1. The maximum atomic E-state index is 11.9. The summed E-state index contributed by atoms with van der Waals surface area (Å²) < 4.78 is 16.3. The van der Waals surface area contributed by atoms with E-state index in [2.05, 4.69) is 5.32 Å². The minimum absolute atomic E-state index is 0.0557. The van der Waals surface area contributed by atoms with Crippen LogP contribution in [0.5, 0.6) is 0 Å². The summed E-state index contributed by atoms with van der Waals surface area (Å²) in [5.41, 5.74) is -0.271. The highest BCUT2D eigenvalue weighted by Gasteiger charge is 2.24. The molecule has 0 spiro atoms. The molecule has 0 aromatic carbocycles. The molecular weight excluding hydrogens is 390 g/mol. The van der Waals surface area contributed by atoms with Gasteiger partial charge in [-0.3, -0.25) is 9.59 Å². The largest absolute Gasteiger partial charge is 0.478 e. The average molecular weight is 430 g/mol. The van der Waals surface area contributed by atoms with Gasteiger partial charge in [-0.05, 0) is 38.7 Å². The SMILES string of the molecule is CCC(C)(C)C(=O)NCCCOCCOCCOCCCCC(=O)/C=C(/C)C(=O)O. The topological polar surface area (TPSA) is 111 Å². The van der Waals surface area contributed by atoms with Crippen LogP contribution in [0.1, 0.15) is 59.8 Å². The quantitative estimate of drug-likeness (QED) is 0.240. The molecule has 0 aromatic heterocycles. The number of aliphatic carboxylic acids is 1. The molecule has 8 nitrogen and oxygen atoms in total. The first-order valence-electron chi connectivity index (χ1n) is 10.7. The maximum absolute atomic E-state index is 11.9. The maximum Gasteiger partial charge on any atom is 0.331 e. The standard InChI is InChI=1S/C22H39NO7/c1-5-22(3,4)21(27)23-10-8-12-29-14-16-30-15-13-28-11-7-6-9-19(24)17-18(2)20(25)26/h17H,5-16H2,1-4H3,(H,23,27)(H,25,26)/b18-17-. The van der Waals surface area contributed by atoms with Gasteiger partial charge in [0.05, 0.1) is 26.4 Å². The van der Waals surface area contributed by atoms with Crippen LogP contribution in [0.2, 0.25) is 0 Å². The van der Waals surface area contributed by atoms with Crippen LogP contribution >= 0.6 is 0 Å². The third kappa shape index (κ3) is 15.1. The number of carboxylic acids is 1. The molecule has 0 fully saturated rings. The molecule has 0 saturated carbocycles. The van der Waals surface area contributed by atoms with E-state index >= 15 is 0 Å². The predicted octanol–water partition coefficient (Wildman–Crippen LogP) is 2.75. The van der Waals surface area contributed by atoms with Crippen LogP contribution in [0.3, 0.4) is 0 Å². The molecule has 30 heavy (non-hydrogen) atoms. The van der Waals surface area contributed by atoms with Crippen molar-refractivity contribution in [3.8, 4) is 0 Å². The van der Waals surface area contributed by atoms with Gasteiger partial charge in [0, 0.05) is 37.2 Å². The zero-order chi connectivity index (χ0) is 22.8. The van der Waals surface area contributed by atoms with Gasteiger partial charge in [-0.1, -0.05) is 20.8 Å². The number of rotatable bonds is 19. The number of unbranched alkanes of at least 4 members (excludes halogenated alkanes) is 1. The van der Waals surface area contributed by atoms with Crippen molar-refractivity contribution in [3.63, 3.8) is 0 Å². The smallest absolute Gasteiger partial charge is 0.331 e. The van der Waals surface area contributed by atoms with E-state index in [4.69, 9.17) is 19.3 Å². The number of nitrogens with one attached hydrogen (secondary N) is 1. The molecule has 0 bridgehead atoms. The third-order valence-corrected chi connectivity index (χ3v) is 4.67. The van der Waals surface area contributed by atoms with Crippen molar-refractivity contribution in [2.75, 3.05) is 46.2 Å². The molecular formula is C22H39NO7. The summed E-state index contributed by atoms with van der Waals surface area (Å²) in [5.74, 6) is -1.17. The lowest BCUT2D eigenvalue weighted by molar-refractivity contribution is -0.133. The Morgan fingerprint density at radius 1 is 0.900 bits per heavy atom. The van der Waals surface area contributed by atoms with E-state index in [1.165, 1.54) is 13.0 Å². The molecule has 0 aliphatic heterocycles. The fraction of sp³-hybridized carbons (Fsp3) is 0.773. The Kier molecular flexibility index (Phi) is 16.0. The number of carboxylic acid groups (broad SMARTS) is 1. The van der Waals surface area contributed by atoms with Gasteiger partial charge in [0.25, 0.3) is 0 Å². The number of allylic oxidation sites excluding steroid dienone is 1. The number of ether oxygens (including phenoxy) is 3. The predicted molar refractivity (Wildman–Crippen MR) is 114 cm³/mol. The molecule has 174 valence electrons. The molecule has 0 aromatic rings. The Hall–Kier alpha value is -1.77. The number of carbonyl (C=O) groups is 3. The lowest BCUT2D eigenvalue weighted by atomic mass is 9.89. The van der Waals surface area contributed by atoms with E-state index in [1.54, 1.807) is 0 Å². The summed E-state index contributed by atoms with van der Waals surface area (Å²) in [6, 6.07) is 0.